The van der Waals surface area contributed by atoms with E-state index in [1.165, 1.54) is 18.2 Å². The Morgan fingerprint density at radius 1 is 1.12 bits per heavy atom. The number of halogens is 3. The second-order valence-corrected chi connectivity index (χ2v) is 6.89. The fourth-order valence-electron chi connectivity index (χ4n) is 3.38. The van der Waals surface area contributed by atoms with E-state index in [1.807, 2.05) is 20.8 Å². The second-order valence-electron chi connectivity index (χ2n) is 6.89. The van der Waals surface area contributed by atoms with E-state index in [1.54, 1.807) is 12.1 Å². The summed E-state index contributed by atoms with van der Waals surface area (Å²) in [6, 6.07) is 7.89. The van der Waals surface area contributed by atoms with Crippen LogP contribution >= 0.6 is 0 Å². The quantitative estimate of drug-likeness (QED) is 0.393. The number of fused-ring (bicyclic) bond motifs is 1. The summed E-state index contributed by atoms with van der Waals surface area (Å²) in [4.78, 5) is 21.4. The van der Waals surface area contributed by atoms with Crippen LogP contribution in [0.4, 0.5) is 18.0 Å². The molecule has 2 aromatic carbocycles. The number of nitrogens with one attached hydrogen (secondary N) is 2. The second kappa shape index (κ2) is 13.8. The lowest BCUT2D eigenvalue weighted by molar-refractivity contribution is -0.106. The van der Waals surface area contributed by atoms with Gasteiger partial charge < -0.3 is 21.8 Å². The number of hydrogen-bond donors (Lipinski definition) is 4. The average molecular weight is 465 g/mol. The Balaban J connectivity index is 0.000000422. The van der Waals surface area contributed by atoms with Gasteiger partial charge >= 0.3 is 6.03 Å². The number of benzene rings is 2. The molecule has 3 amide bonds. The average Bonchev–Trinajstić information content (AvgIpc) is 3.09. The molecule has 6 N–H and O–H groups in total. The number of rotatable bonds is 3. The smallest absolute Gasteiger partial charge is 0.312 e. The first kappa shape index (κ1) is 27.5. The third-order valence-electron chi connectivity index (χ3n) is 4.86. The minimum absolute atomic E-state index is 0.250. The van der Waals surface area contributed by atoms with Crippen molar-refractivity contribution in [3.63, 3.8) is 0 Å². The largest absolute Gasteiger partial charge is 0.372 e. The van der Waals surface area contributed by atoms with Crippen LogP contribution in [0.25, 0.3) is 22.2 Å². The Hall–Kier alpha value is -3.49. The van der Waals surface area contributed by atoms with Crippen LogP contribution < -0.4 is 16.8 Å². The molecule has 1 aromatic heterocycles. The summed E-state index contributed by atoms with van der Waals surface area (Å²) in [5.74, 6) is -1.18. The maximum absolute atomic E-state index is 14.1. The first-order chi connectivity index (χ1) is 15.8. The number of nitrogens with two attached hydrogens (primary N) is 2. The molecule has 0 unspecified atom stereocenters. The highest BCUT2D eigenvalue weighted by Gasteiger charge is 2.27. The maximum atomic E-state index is 14.1. The Morgan fingerprint density at radius 2 is 1.70 bits per heavy atom. The molecule has 33 heavy (non-hydrogen) atoms. The van der Waals surface area contributed by atoms with Gasteiger partial charge in [0, 0.05) is 18.0 Å². The lowest BCUT2D eigenvalue weighted by Crippen LogP contribution is -2.28. The third-order valence-corrected chi connectivity index (χ3v) is 4.86. The number of urea groups is 1. The topological polar surface area (TPSA) is 114 Å². The number of carbonyl (C=O) groups is 2. The molecule has 1 saturated carbocycles. The molecule has 180 valence electrons. The SMILES string of the molecule is CC.CCNC(N)=O.Fc1ccc(-c2[nH]c3c(F)cc(F)cc3c2C2CCC2)cc1.NC=O. The summed E-state index contributed by atoms with van der Waals surface area (Å²) in [6.07, 6.45) is 3.40. The van der Waals surface area contributed by atoms with Gasteiger partial charge in [0.1, 0.15) is 17.5 Å². The molecule has 1 aliphatic carbocycles. The van der Waals surface area contributed by atoms with E-state index >= 15 is 0 Å². The van der Waals surface area contributed by atoms with Gasteiger partial charge in [0.2, 0.25) is 6.41 Å². The van der Waals surface area contributed by atoms with E-state index in [-0.39, 0.29) is 12.2 Å². The number of primary amides is 2. The number of aromatic amines is 1. The molecule has 0 saturated heterocycles. The Morgan fingerprint density at radius 3 is 2.12 bits per heavy atom. The van der Waals surface area contributed by atoms with Crippen LogP contribution in [0.3, 0.4) is 0 Å². The molecule has 6 nitrogen and oxygen atoms in total. The summed E-state index contributed by atoms with van der Waals surface area (Å²) in [7, 11) is 0. The number of H-pyrrole nitrogens is 1. The van der Waals surface area contributed by atoms with E-state index in [0.29, 0.717) is 23.4 Å². The van der Waals surface area contributed by atoms with Crippen LogP contribution in [0, 0.1) is 17.5 Å². The van der Waals surface area contributed by atoms with Crippen LogP contribution in [0.5, 0.6) is 0 Å². The van der Waals surface area contributed by atoms with Gasteiger partial charge in [0.05, 0.1) is 11.2 Å². The predicted molar refractivity (Wildman–Crippen MR) is 125 cm³/mol. The monoisotopic (exact) mass is 464 g/mol. The van der Waals surface area contributed by atoms with Crippen LogP contribution in [0.1, 0.15) is 51.5 Å². The predicted octanol–water partition coefficient (Wildman–Crippen LogP) is 5.32. The zero-order chi connectivity index (χ0) is 25.0. The summed E-state index contributed by atoms with van der Waals surface area (Å²) in [5.41, 5.74) is 11.7. The zero-order valence-electron chi connectivity index (χ0n) is 19.1. The Bertz CT molecular complexity index is 1030. The van der Waals surface area contributed by atoms with Gasteiger partial charge in [-0.15, -0.1) is 0 Å². The summed E-state index contributed by atoms with van der Waals surface area (Å²) >= 11 is 0. The third kappa shape index (κ3) is 7.55. The minimum atomic E-state index is -0.594. The van der Waals surface area contributed by atoms with Crippen LogP contribution in [-0.4, -0.2) is 24.0 Å². The van der Waals surface area contributed by atoms with Gasteiger partial charge in [-0.3, -0.25) is 4.79 Å². The standard InChI is InChI=1S/C18H14F3N.C3H8N2O.C2H6.CH3NO/c19-12-6-4-11(5-7-12)17-16(10-2-1-3-10)14-8-13(20)9-15(21)18(14)22-17;1-2-5-3(4)6;1-2;2-1-3/h4-10,22H,1-3H2;2H2,1H3,(H3,4,5,6);1-2H3;1H,(H2,2,3). The molecule has 0 bridgehead atoms. The van der Waals surface area contributed by atoms with Gasteiger partial charge in [-0.2, -0.15) is 0 Å². The Kier molecular flexibility index (Phi) is 11.5. The Labute approximate surface area is 191 Å². The lowest BCUT2D eigenvalue weighted by Gasteiger charge is -2.26. The van der Waals surface area contributed by atoms with Crippen LogP contribution in [0.2, 0.25) is 0 Å². The number of hydrogen-bond acceptors (Lipinski definition) is 2. The maximum Gasteiger partial charge on any atom is 0.312 e. The number of carbonyl (C=O) groups excluding carboxylic acids is 2. The highest BCUT2D eigenvalue weighted by atomic mass is 19.1. The van der Waals surface area contributed by atoms with Gasteiger partial charge in [-0.25, -0.2) is 18.0 Å². The molecular formula is C24H31F3N4O2. The van der Waals surface area contributed by atoms with E-state index < -0.39 is 17.7 Å². The number of amides is 3. The molecule has 0 spiro atoms. The normalized spacial score (nSPS) is 12.1. The van der Waals surface area contributed by atoms with Gasteiger partial charge in [0.15, 0.2) is 0 Å². The fourth-order valence-corrected chi connectivity index (χ4v) is 3.38. The van der Waals surface area contributed by atoms with Crippen LogP contribution in [-0.2, 0) is 4.79 Å². The molecular weight excluding hydrogens is 433 g/mol. The zero-order valence-corrected chi connectivity index (χ0v) is 19.1. The van der Waals surface area contributed by atoms with Gasteiger partial charge in [0.25, 0.3) is 0 Å². The van der Waals surface area contributed by atoms with Crippen LogP contribution in [0.15, 0.2) is 36.4 Å². The molecule has 4 rings (SSSR count). The van der Waals surface area contributed by atoms with E-state index in [4.69, 9.17) is 4.79 Å². The fraction of sp³-hybridized carbons (Fsp3) is 0.333. The van der Waals surface area contributed by atoms with E-state index in [9.17, 15) is 18.0 Å². The molecule has 0 aliphatic heterocycles. The van der Waals surface area contributed by atoms with Crippen molar-refractivity contribution >= 4 is 23.3 Å². The van der Waals surface area contributed by atoms with Crippen molar-refractivity contribution in [3.8, 4) is 11.3 Å². The number of aromatic nitrogens is 1. The summed E-state index contributed by atoms with van der Waals surface area (Å²) in [6.45, 7) is 6.42. The highest BCUT2D eigenvalue weighted by molar-refractivity contribution is 5.92. The first-order valence-corrected chi connectivity index (χ1v) is 10.8. The molecule has 0 radical (unpaired) electrons. The van der Waals surface area contributed by atoms with E-state index in [2.05, 4.69) is 21.8 Å². The van der Waals surface area contributed by atoms with Crippen molar-refractivity contribution in [2.45, 2.75) is 46.0 Å². The van der Waals surface area contributed by atoms with Crippen molar-refractivity contribution in [3.05, 3.63) is 59.4 Å². The summed E-state index contributed by atoms with van der Waals surface area (Å²) in [5, 5.41) is 2.95. The lowest BCUT2D eigenvalue weighted by atomic mass is 9.78. The minimum Gasteiger partial charge on any atom is -0.372 e. The van der Waals surface area contributed by atoms with Gasteiger partial charge in [-0.1, -0.05) is 20.3 Å². The molecule has 1 aliphatic rings. The van der Waals surface area contributed by atoms with Gasteiger partial charge in [-0.05, 0) is 67.1 Å². The van der Waals surface area contributed by atoms with Crippen molar-refractivity contribution in [2.24, 2.45) is 11.5 Å². The molecule has 9 heteroatoms. The van der Waals surface area contributed by atoms with Crippen molar-refractivity contribution in [2.75, 3.05) is 6.54 Å². The molecule has 1 fully saturated rings. The van der Waals surface area contributed by atoms with E-state index in [0.717, 1.165) is 42.1 Å². The molecule has 0 atom stereocenters. The van der Waals surface area contributed by atoms with Crippen molar-refractivity contribution < 1.29 is 22.8 Å². The molecule has 1 heterocycles. The molecule has 3 aromatic rings. The highest BCUT2D eigenvalue weighted by Crippen LogP contribution is 2.45. The van der Waals surface area contributed by atoms with Crippen molar-refractivity contribution in [1.29, 1.82) is 0 Å². The summed E-state index contributed by atoms with van der Waals surface area (Å²) < 4.78 is 40.8. The van der Waals surface area contributed by atoms with Crippen molar-refractivity contribution in [1.82, 2.24) is 10.3 Å². The first-order valence-electron chi connectivity index (χ1n) is 10.8.